The van der Waals surface area contributed by atoms with Gasteiger partial charge in [0, 0.05) is 12.3 Å². The lowest BCUT2D eigenvalue weighted by Crippen LogP contribution is -2.25. The van der Waals surface area contributed by atoms with Crippen molar-refractivity contribution in [3.8, 4) is 18.2 Å². The molecule has 1 amide bonds. The van der Waals surface area contributed by atoms with Crippen molar-refractivity contribution < 1.29 is 4.79 Å². The molecule has 0 aliphatic carbocycles. The number of carbonyl (C=O) groups excluding carboxylic acids is 1. The summed E-state index contributed by atoms with van der Waals surface area (Å²) < 4.78 is 0. The van der Waals surface area contributed by atoms with Gasteiger partial charge in [-0.25, -0.2) is 0 Å². The first kappa shape index (κ1) is 11.9. The minimum atomic E-state index is -0.828. The highest BCUT2D eigenvalue weighted by molar-refractivity contribution is 5.76. The van der Waals surface area contributed by atoms with Crippen molar-refractivity contribution in [2.45, 2.75) is 19.3 Å². The molecule has 0 spiro atoms. The Morgan fingerprint density at radius 1 is 1.29 bits per heavy atom. The highest BCUT2D eigenvalue weighted by Gasteiger charge is 2.20. The summed E-state index contributed by atoms with van der Waals surface area (Å²) in [6, 6.07) is 5.41. The van der Waals surface area contributed by atoms with Gasteiger partial charge in [0.15, 0.2) is 0 Å². The number of amides is 1. The number of nitrogens with two attached hydrogens (primary N) is 1. The second-order valence-corrected chi connectivity index (χ2v) is 2.84. The number of carbonyl (C=O) groups is 1. The van der Waals surface area contributed by atoms with Crippen molar-refractivity contribution in [2.24, 2.45) is 17.6 Å². The molecule has 0 saturated heterocycles. The van der Waals surface area contributed by atoms with E-state index in [1.165, 1.54) is 0 Å². The van der Waals surface area contributed by atoms with Gasteiger partial charge in [-0.05, 0) is 12.8 Å². The van der Waals surface area contributed by atoms with Crippen LogP contribution in [0.25, 0.3) is 0 Å². The fraction of sp³-hybridized carbons (Fsp3) is 0.556. The maximum absolute atomic E-state index is 10.9. The van der Waals surface area contributed by atoms with E-state index in [1.807, 2.05) is 6.07 Å². The van der Waals surface area contributed by atoms with Gasteiger partial charge in [-0.3, -0.25) is 4.79 Å². The molecule has 1 atom stereocenters. The van der Waals surface area contributed by atoms with Crippen LogP contribution in [0, 0.1) is 45.8 Å². The Morgan fingerprint density at radius 2 is 1.86 bits per heavy atom. The van der Waals surface area contributed by atoms with E-state index in [0.717, 1.165) is 0 Å². The Hall–Kier alpha value is -2.06. The molecule has 2 N–H and O–H groups in total. The lowest BCUT2D eigenvalue weighted by molar-refractivity contribution is -0.122. The van der Waals surface area contributed by atoms with E-state index in [-0.39, 0.29) is 12.8 Å². The van der Waals surface area contributed by atoms with Crippen molar-refractivity contribution in [1.29, 1.82) is 15.8 Å². The minimum Gasteiger partial charge on any atom is -0.369 e. The van der Waals surface area contributed by atoms with Crippen molar-refractivity contribution in [2.75, 3.05) is 0 Å². The quantitative estimate of drug-likeness (QED) is 0.677. The molecule has 0 aromatic carbocycles. The van der Waals surface area contributed by atoms with E-state index >= 15 is 0 Å². The first-order chi connectivity index (χ1) is 6.65. The van der Waals surface area contributed by atoms with Gasteiger partial charge >= 0.3 is 0 Å². The van der Waals surface area contributed by atoms with Crippen molar-refractivity contribution in [3.63, 3.8) is 0 Å². The molecule has 0 aromatic heterocycles. The molecule has 14 heavy (non-hydrogen) atoms. The number of nitrogens with zero attached hydrogens (tertiary/aromatic N) is 3. The molecule has 0 saturated carbocycles. The smallest absolute Gasteiger partial charge is 0.220 e. The molecule has 0 aromatic rings. The molecule has 5 nitrogen and oxygen atoms in total. The van der Waals surface area contributed by atoms with Gasteiger partial charge in [0.1, 0.15) is 5.92 Å². The number of hydrogen-bond donors (Lipinski definition) is 1. The maximum Gasteiger partial charge on any atom is 0.220 e. The number of nitriles is 3. The summed E-state index contributed by atoms with van der Waals surface area (Å²) in [6.07, 6.45) is 0.632. The fourth-order valence-electron chi connectivity index (χ4n) is 1.03. The van der Waals surface area contributed by atoms with Crippen LogP contribution >= 0.6 is 0 Å². The van der Waals surface area contributed by atoms with Crippen LogP contribution < -0.4 is 5.73 Å². The summed E-state index contributed by atoms with van der Waals surface area (Å²) in [5.74, 6) is -1.94. The fourth-order valence-corrected chi connectivity index (χ4v) is 1.03. The first-order valence-corrected chi connectivity index (χ1v) is 4.11. The zero-order valence-corrected chi connectivity index (χ0v) is 7.60. The second-order valence-electron chi connectivity index (χ2n) is 2.84. The van der Waals surface area contributed by atoms with Gasteiger partial charge < -0.3 is 5.73 Å². The normalized spacial score (nSPS) is 11.0. The van der Waals surface area contributed by atoms with E-state index in [4.69, 9.17) is 21.5 Å². The maximum atomic E-state index is 10.9. The Balaban J connectivity index is 4.26. The number of hydrogen-bond acceptors (Lipinski definition) is 4. The van der Waals surface area contributed by atoms with Gasteiger partial charge in [0.05, 0.1) is 18.2 Å². The standard InChI is InChI=1S/C9H10N4O/c10-3-1-2-8(9(13)14)4-7(5-11)6-12/h7-8H,1-2,4H2,(H2,13,14). The van der Waals surface area contributed by atoms with Crippen LogP contribution in [-0.4, -0.2) is 5.91 Å². The molecule has 0 bridgehead atoms. The third-order valence-electron chi connectivity index (χ3n) is 1.84. The van der Waals surface area contributed by atoms with E-state index in [1.54, 1.807) is 12.1 Å². The Labute approximate surface area is 82.3 Å². The van der Waals surface area contributed by atoms with Crippen molar-refractivity contribution >= 4 is 5.91 Å². The third-order valence-corrected chi connectivity index (χ3v) is 1.84. The third kappa shape index (κ3) is 4.09. The molecular formula is C9H10N4O. The average molecular weight is 190 g/mol. The Morgan fingerprint density at radius 3 is 2.21 bits per heavy atom. The molecule has 5 heteroatoms. The van der Waals surface area contributed by atoms with Gasteiger partial charge in [-0.2, -0.15) is 15.8 Å². The monoisotopic (exact) mass is 190 g/mol. The predicted molar refractivity (Wildman–Crippen MR) is 46.9 cm³/mol. The van der Waals surface area contributed by atoms with E-state index in [0.29, 0.717) is 6.42 Å². The summed E-state index contributed by atoms with van der Waals surface area (Å²) in [6.45, 7) is 0. The van der Waals surface area contributed by atoms with Crippen LogP contribution in [0.3, 0.4) is 0 Å². The topological polar surface area (TPSA) is 114 Å². The van der Waals surface area contributed by atoms with Gasteiger partial charge in [-0.1, -0.05) is 0 Å². The molecule has 1 unspecified atom stereocenters. The summed E-state index contributed by atoms with van der Waals surface area (Å²) >= 11 is 0. The SMILES string of the molecule is N#CCCC(CC(C#N)C#N)C(N)=O. The van der Waals surface area contributed by atoms with Gasteiger partial charge in [-0.15, -0.1) is 0 Å². The molecule has 0 rings (SSSR count). The highest BCUT2D eigenvalue weighted by Crippen LogP contribution is 2.16. The molecule has 0 aliphatic heterocycles. The van der Waals surface area contributed by atoms with Crippen LogP contribution in [0.4, 0.5) is 0 Å². The Kier molecular flexibility index (Phi) is 5.51. The largest absolute Gasteiger partial charge is 0.369 e. The van der Waals surface area contributed by atoms with Gasteiger partial charge in [0.2, 0.25) is 5.91 Å². The van der Waals surface area contributed by atoms with Crippen LogP contribution in [-0.2, 0) is 4.79 Å². The summed E-state index contributed by atoms with van der Waals surface area (Å²) in [5, 5.41) is 25.3. The van der Waals surface area contributed by atoms with Crippen molar-refractivity contribution in [1.82, 2.24) is 0 Å². The molecule has 72 valence electrons. The average Bonchev–Trinajstić information content (AvgIpc) is 2.18. The van der Waals surface area contributed by atoms with E-state index in [2.05, 4.69) is 0 Å². The lowest BCUT2D eigenvalue weighted by Gasteiger charge is -2.10. The minimum absolute atomic E-state index is 0.115. The number of primary amides is 1. The summed E-state index contributed by atoms with van der Waals surface area (Å²) in [7, 11) is 0. The Bertz CT molecular complexity index is 303. The molecule has 0 heterocycles. The molecule has 0 fully saturated rings. The van der Waals surface area contributed by atoms with Crippen LogP contribution in [0.1, 0.15) is 19.3 Å². The molecular weight excluding hydrogens is 180 g/mol. The second kappa shape index (κ2) is 6.46. The lowest BCUT2D eigenvalue weighted by atomic mass is 9.92. The summed E-state index contributed by atoms with van der Waals surface area (Å²) in [5.41, 5.74) is 5.07. The van der Waals surface area contributed by atoms with Crippen LogP contribution in [0.2, 0.25) is 0 Å². The van der Waals surface area contributed by atoms with E-state index < -0.39 is 17.7 Å². The van der Waals surface area contributed by atoms with Crippen LogP contribution in [0.15, 0.2) is 0 Å². The highest BCUT2D eigenvalue weighted by atomic mass is 16.1. The van der Waals surface area contributed by atoms with Crippen molar-refractivity contribution in [3.05, 3.63) is 0 Å². The zero-order valence-electron chi connectivity index (χ0n) is 7.60. The summed E-state index contributed by atoms with van der Waals surface area (Å²) in [4.78, 5) is 10.9. The van der Waals surface area contributed by atoms with Gasteiger partial charge in [0.25, 0.3) is 0 Å². The first-order valence-electron chi connectivity index (χ1n) is 4.11. The molecule has 0 radical (unpaired) electrons. The predicted octanol–water partition coefficient (Wildman–Crippen LogP) is 0.445. The molecule has 0 aliphatic rings. The zero-order chi connectivity index (χ0) is 11.0. The number of rotatable bonds is 5. The van der Waals surface area contributed by atoms with E-state index in [9.17, 15) is 4.79 Å². The van der Waals surface area contributed by atoms with Crippen LogP contribution in [0.5, 0.6) is 0 Å².